The van der Waals surface area contributed by atoms with Crippen molar-refractivity contribution >= 4 is 16.6 Å². The van der Waals surface area contributed by atoms with Gasteiger partial charge in [-0.15, -0.1) is 0 Å². The fourth-order valence-corrected chi connectivity index (χ4v) is 2.67. The van der Waals surface area contributed by atoms with Crippen molar-refractivity contribution in [2.45, 2.75) is 6.92 Å². The first kappa shape index (κ1) is 14.3. The van der Waals surface area contributed by atoms with Crippen LogP contribution < -0.4 is 4.74 Å². The fourth-order valence-electron chi connectivity index (χ4n) is 2.67. The van der Waals surface area contributed by atoms with Gasteiger partial charge in [0.25, 0.3) is 0 Å². The molecule has 0 atom stereocenters. The molecule has 2 nitrogen and oxygen atoms in total. The maximum absolute atomic E-state index is 13.2. The van der Waals surface area contributed by atoms with Gasteiger partial charge in [-0.2, -0.15) is 0 Å². The van der Waals surface area contributed by atoms with Crippen LogP contribution in [0.3, 0.4) is 0 Å². The number of halogens is 1. The van der Waals surface area contributed by atoms with Crippen LogP contribution in [0.5, 0.6) is 5.75 Å². The van der Waals surface area contributed by atoms with Crippen LogP contribution in [0.1, 0.15) is 21.5 Å². The van der Waals surface area contributed by atoms with Crippen LogP contribution in [-0.2, 0) is 0 Å². The summed E-state index contributed by atoms with van der Waals surface area (Å²) in [4.78, 5) is 12.8. The van der Waals surface area contributed by atoms with Gasteiger partial charge in [-0.25, -0.2) is 4.39 Å². The summed E-state index contributed by atoms with van der Waals surface area (Å²) in [5.41, 5.74) is 1.73. The van der Waals surface area contributed by atoms with Crippen molar-refractivity contribution in [3.63, 3.8) is 0 Å². The predicted octanol–water partition coefficient (Wildman–Crippen LogP) is 4.53. The first-order chi connectivity index (χ1) is 10.6. The molecule has 0 N–H and O–H groups in total. The zero-order chi connectivity index (χ0) is 15.7. The van der Waals surface area contributed by atoms with E-state index in [1.807, 2.05) is 24.3 Å². The average Bonchev–Trinajstić information content (AvgIpc) is 2.53. The van der Waals surface area contributed by atoms with Crippen LogP contribution in [0.4, 0.5) is 4.39 Å². The normalized spacial score (nSPS) is 10.7. The van der Waals surface area contributed by atoms with Crippen LogP contribution in [-0.4, -0.2) is 12.9 Å². The Morgan fingerprint density at radius 1 is 0.955 bits per heavy atom. The summed E-state index contributed by atoms with van der Waals surface area (Å²) in [6.07, 6.45) is 0. The number of carbonyl (C=O) groups is 1. The molecule has 3 rings (SSSR count). The van der Waals surface area contributed by atoms with Gasteiger partial charge in [0.05, 0.1) is 7.11 Å². The van der Waals surface area contributed by atoms with Crippen LogP contribution in [0.2, 0.25) is 0 Å². The molecule has 3 aromatic carbocycles. The fraction of sp³-hybridized carbons (Fsp3) is 0.105. The number of hydrogen-bond donors (Lipinski definition) is 0. The van der Waals surface area contributed by atoms with Gasteiger partial charge in [-0.05, 0) is 48.2 Å². The third kappa shape index (κ3) is 2.35. The van der Waals surface area contributed by atoms with Crippen LogP contribution in [0, 0.1) is 12.7 Å². The van der Waals surface area contributed by atoms with Gasteiger partial charge in [0.1, 0.15) is 11.6 Å². The summed E-state index contributed by atoms with van der Waals surface area (Å²) in [5.74, 6) is 0.271. The molecule has 0 aliphatic heterocycles. The summed E-state index contributed by atoms with van der Waals surface area (Å²) in [7, 11) is 1.60. The van der Waals surface area contributed by atoms with Crippen LogP contribution >= 0.6 is 0 Å². The molecule has 22 heavy (non-hydrogen) atoms. The summed E-state index contributed by atoms with van der Waals surface area (Å²) in [6, 6.07) is 15.4. The number of fused-ring (bicyclic) bond motifs is 1. The monoisotopic (exact) mass is 294 g/mol. The van der Waals surface area contributed by atoms with E-state index in [0.29, 0.717) is 16.7 Å². The van der Waals surface area contributed by atoms with Gasteiger partial charge < -0.3 is 4.74 Å². The van der Waals surface area contributed by atoms with Crippen molar-refractivity contribution in [1.82, 2.24) is 0 Å². The average molecular weight is 294 g/mol. The molecule has 0 unspecified atom stereocenters. The Morgan fingerprint density at radius 3 is 2.32 bits per heavy atom. The van der Waals surface area contributed by atoms with Crippen LogP contribution in [0.25, 0.3) is 10.8 Å². The molecule has 3 aromatic rings. The molecule has 0 aromatic heterocycles. The Hall–Kier alpha value is -2.68. The SMILES string of the molecule is COc1ccc(C(=O)c2ccc(F)cc2C)c2ccccc12. The molecule has 0 saturated heterocycles. The van der Waals surface area contributed by atoms with E-state index in [1.54, 1.807) is 26.2 Å². The first-order valence-corrected chi connectivity index (χ1v) is 6.98. The summed E-state index contributed by atoms with van der Waals surface area (Å²) < 4.78 is 18.6. The third-order valence-electron chi connectivity index (χ3n) is 3.78. The first-order valence-electron chi connectivity index (χ1n) is 6.98. The van der Waals surface area contributed by atoms with E-state index in [1.165, 1.54) is 18.2 Å². The standard InChI is InChI=1S/C19H15FO2/c1-12-11-13(20)7-8-14(12)19(21)17-9-10-18(22-2)16-6-4-3-5-15(16)17/h3-11H,1-2H3. The van der Waals surface area contributed by atoms with Gasteiger partial charge >= 0.3 is 0 Å². The quantitative estimate of drug-likeness (QED) is 0.663. The Balaban J connectivity index is 2.20. The van der Waals surface area contributed by atoms with Crippen molar-refractivity contribution in [3.05, 3.63) is 77.1 Å². The number of rotatable bonds is 3. The minimum atomic E-state index is -0.339. The lowest BCUT2D eigenvalue weighted by Gasteiger charge is -2.11. The highest BCUT2D eigenvalue weighted by molar-refractivity contribution is 6.17. The van der Waals surface area contributed by atoms with Crippen molar-refractivity contribution in [1.29, 1.82) is 0 Å². The lowest BCUT2D eigenvalue weighted by atomic mass is 9.94. The van der Waals surface area contributed by atoms with E-state index in [4.69, 9.17) is 4.74 Å². The predicted molar refractivity (Wildman–Crippen MR) is 85.1 cm³/mol. The molecule has 0 fully saturated rings. The molecule has 0 amide bonds. The number of benzene rings is 3. The Kier molecular flexibility index (Phi) is 3.63. The second-order valence-corrected chi connectivity index (χ2v) is 5.15. The number of aryl methyl sites for hydroxylation is 1. The zero-order valence-electron chi connectivity index (χ0n) is 12.4. The van der Waals surface area contributed by atoms with E-state index in [9.17, 15) is 9.18 Å². The largest absolute Gasteiger partial charge is 0.496 e. The Labute approximate surface area is 128 Å². The summed E-state index contributed by atoms with van der Waals surface area (Å²) >= 11 is 0. The van der Waals surface area contributed by atoms with Crippen molar-refractivity contribution < 1.29 is 13.9 Å². The maximum atomic E-state index is 13.2. The van der Waals surface area contributed by atoms with Gasteiger partial charge in [-0.3, -0.25) is 4.79 Å². The van der Waals surface area contributed by atoms with E-state index in [-0.39, 0.29) is 11.6 Å². The summed E-state index contributed by atoms with van der Waals surface area (Å²) in [6.45, 7) is 1.74. The number of ketones is 1. The molecule has 0 radical (unpaired) electrons. The van der Waals surface area contributed by atoms with E-state index < -0.39 is 0 Å². The van der Waals surface area contributed by atoms with E-state index in [0.717, 1.165) is 16.5 Å². The molecule has 0 saturated carbocycles. The van der Waals surface area contributed by atoms with Crippen molar-refractivity contribution in [2.75, 3.05) is 7.11 Å². The second kappa shape index (κ2) is 5.60. The highest BCUT2D eigenvalue weighted by atomic mass is 19.1. The van der Waals surface area contributed by atoms with Gasteiger partial charge in [0, 0.05) is 16.5 Å². The second-order valence-electron chi connectivity index (χ2n) is 5.15. The molecule has 0 spiro atoms. The molecule has 110 valence electrons. The molecule has 0 bridgehead atoms. The van der Waals surface area contributed by atoms with E-state index in [2.05, 4.69) is 0 Å². The maximum Gasteiger partial charge on any atom is 0.193 e. The molecule has 0 aliphatic rings. The Bertz CT molecular complexity index is 868. The van der Waals surface area contributed by atoms with Crippen molar-refractivity contribution in [3.8, 4) is 5.75 Å². The lowest BCUT2D eigenvalue weighted by Crippen LogP contribution is -2.05. The number of ether oxygens (including phenoxy) is 1. The van der Waals surface area contributed by atoms with Gasteiger partial charge in [-0.1, -0.05) is 24.3 Å². The third-order valence-corrected chi connectivity index (χ3v) is 3.78. The van der Waals surface area contributed by atoms with Gasteiger partial charge in [0.15, 0.2) is 5.78 Å². The minimum Gasteiger partial charge on any atom is -0.496 e. The molecule has 0 aliphatic carbocycles. The lowest BCUT2D eigenvalue weighted by molar-refractivity contribution is 0.103. The van der Waals surface area contributed by atoms with Crippen molar-refractivity contribution in [2.24, 2.45) is 0 Å². The highest BCUT2D eigenvalue weighted by Crippen LogP contribution is 2.30. The Morgan fingerprint density at radius 2 is 1.64 bits per heavy atom. The van der Waals surface area contributed by atoms with E-state index >= 15 is 0 Å². The topological polar surface area (TPSA) is 26.3 Å². The molecular formula is C19H15FO2. The highest BCUT2D eigenvalue weighted by Gasteiger charge is 2.16. The zero-order valence-corrected chi connectivity index (χ0v) is 12.4. The smallest absolute Gasteiger partial charge is 0.193 e. The van der Waals surface area contributed by atoms with Crippen LogP contribution in [0.15, 0.2) is 54.6 Å². The molecular weight excluding hydrogens is 279 g/mol. The molecule has 0 heterocycles. The van der Waals surface area contributed by atoms with Gasteiger partial charge in [0.2, 0.25) is 0 Å². The summed E-state index contributed by atoms with van der Waals surface area (Å²) in [5, 5.41) is 1.71. The minimum absolute atomic E-state index is 0.114. The molecule has 3 heteroatoms. The number of hydrogen-bond acceptors (Lipinski definition) is 2. The number of carbonyl (C=O) groups excluding carboxylic acids is 1. The number of methoxy groups -OCH3 is 1.